The number of hydrogen-bond donors (Lipinski definition) is 0. The fourth-order valence-corrected chi connectivity index (χ4v) is 6.30. The van der Waals surface area contributed by atoms with Crippen LogP contribution in [0.1, 0.15) is 41.0 Å². The largest absolute Gasteiger partial charge is 0.413 e. The second-order valence-electron chi connectivity index (χ2n) is 8.77. The van der Waals surface area contributed by atoms with Crippen molar-refractivity contribution >= 4 is 18.2 Å². The standard InChI is InChI=1S/C20H32O3SSi/c1-15-13-14-18(24(21,22)17-11-9-8-10-12-17)16(2)19(15)23-25(6,7)20(3,4)5/h8-12,14-16,19H,13H2,1-7H3/t15-,16-,19+/m0/s1. The smallest absolute Gasteiger partial charge is 0.202 e. The highest BCUT2D eigenvalue weighted by molar-refractivity contribution is 7.95. The average Bonchev–Trinajstić information content (AvgIpc) is 2.51. The van der Waals surface area contributed by atoms with Gasteiger partial charge in [-0.2, -0.15) is 0 Å². The lowest BCUT2D eigenvalue weighted by atomic mass is 9.86. The molecule has 25 heavy (non-hydrogen) atoms. The summed E-state index contributed by atoms with van der Waals surface area (Å²) in [4.78, 5) is 0.884. The Kier molecular flexibility index (Phi) is 5.72. The van der Waals surface area contributed by atoms with E-state index in [2.05, 4.69) is 40.8 Å². The zero-order valence-electron chi connectivity index (χ0n) is 16.5. The van der Waals surface area contributed by atoms with Crippen LogP contribution in [0.2, 0.25) is 18.1 Å². The maximum absolute atomic E-state index is 13.1. The second kappa shape index (κ2) is 7.01. The van der Waals surface area contributed by atoms with E-state index >= 15 is 0 Å². The van der Waals surface area contributed by atoms with E-state index < -0.39 is 18.2 Å². The van der Waals surface area contributed by atoms with E-state index in [9.17, 15) is 8.42 Å². The van der Waals surface area contributed by atoms with Gasteiger partial charge in [-0.1, -0.05) is 58.9 Å². The van der Waals surface area contributed by atoms with Crippen molar-refractivity contribution in [3.05, 3.63) is 41.3 Å². The third kappa shape index (κ3) is 4.09. The summed E-state index contributed by atoms with van der Waals surface area (Å²) in [5, 5.41) is 0.103. The number of benzene rings is 1. The van der Waals surface area contributed by atoms with Gasteiger partial charge in [-0.3, -0.25) is 0 Å². The molecule has 0 N–H and O–H groups in total. The molecule has 0 fully saturated rings. The van der Waals surface area contributed by atoms with Crippen molar-refractivity contribution in [1.82, 2.24) is 0 Å². The van der Waals surface area contributed by atoms with Crippen LogP contribution in [0.15, 0.2) is 46.2 Å². The molecule has 0 spiro atoms. The molecule has 1 aromatic carbocycles. The molecule has 0 saturated heterocycles. The molecule has 140 valence electrons. The molecule has 0 amide bonds. The third-order valence-electron chi connectivity index (χ3n) is 5.79. The summed E-state index contributed by atoms with van der Waals surface area (Å²) in [6.07, 6.45) is 2.59. The Morgan fingerprint density at radius 1 is 1.08 bits per heavy atom. The minimum absolute atomic E-state index is 0.0561. The first kappa shape index (κ1) is 20.4. The molecular formula is C20H32O3SSi. The highest BCUT2D eigenvalue weighted by atomic mass is 32.2. The van der Waals surface area contributed by atoms with Gasteiger partial charge < -0.3 is 4.43 Å². The Hall–Kier alpha value is -0.913. The van der Waals surface area contributed by atoms with Crippen LogP contribution < -0.4 is 0 Å². The Balaban J connectivity index is 2.35. The Bertz CT molecular complexity index is 730. The van der Waals surface area contributed by atoms with Crippen molar-refractivity contribution in [2.75, 3.05) is 0 Å². The van der Waals surface area contributed by atoms with Crippen LogP contribution >= 0.6 is 0 Å². The zero-order valence-corrected chi connectivity index (χ0v) is 18.4. The molecule has 0 bridgehead atoms. The van der Waals surface area contributed by atoms with Gasteiger partial charge in [0.05, 0.1) is 15.9 Å². The first-order valence-electron chi connectivity index (χ1n) is 9.06. The van der Waals surface area contributed by atoms with Gasteiger partial charge in [0.2, 0.25) is 9.84 Å². The molecule has 2 rings (SSSR count). The molecule has 3 atom stereocenters. The molecule has 0 unspecified atom stereocenters. The summed E-state index contributed by atoms with van der Waals surface area (Å²) >= 11 is 0. The topological polar surface area (TPSA) is 43.4 Å². The molecule has 1 aliphatic carbocycles. The molecule has 0 saturated carbocycles. The van der Waals surface area contributed by atoms with Crippen molar-refractivity contribution in [2.24, 2.45) is 11.8 Å². The van der Waals surface area contributed by atoms with Crippen molar-refractivity contribution in [3.63, 3.8) is 0 Å². The third-order valence-corrected chi connectivity index (χ3v) is 12.3. The van der Waals surface area contributed by atoms with Crippen molar-refractivity contribution in [2.45, 2.75) is 70.2 Å². The summed E-state index contributed by atoms with van der Waals surface area (Å²) in [7, 11) is -5.43. The van der Waals surface area contributed by atoms with Crippen LogP contribution in [0.4, 0.5) is 0 Å². The lowest BCUT2D eigenvalue weighted by Gasteiger charge is -2.44. The van der Waals surface area contributed by atoms with Gasteiger partial charge in [-0.05, 0) is 42.6 Å². The van der Waals surface area contributed by atoms with Crippen LogP contribution in [-0.2, 0) is 14.3 Å². The molecule has 0 radical (unpaired) electrons. The minimum atomic E-state index is -3.46. The van der Waals surface area contributed by atoms with Crippen molar-refractivity contribution < 1.29 is 12.8 Å². The SMILES string of the molecule is C[C@H]1CC=C(S(=O)(=O)c2ccccc2)[C@H](C)[C@@H]1O[Si](C)(C)C(C)(C)C. The number of hydrogen-bond acceptors (Lipinski definition) is 3. The predicted octanol–water partition coefficient (Wildman–Crippen LogP) is 5.41. The molecule has 0 aromatic heterocycles. The molecule has 1 aliphatic rings. The van der Waals surface area contributed by atoms with Gasteiger partial charge in [-0.25, -0.2) is 8.42 Å². The van der Waals surface area contributed by atoms with Crippen molar-refractivity contribution in [1.29, 1.82) is 0 Å². The van der Waals surface area contributed by atoms with E-state index in [0.29, 0.717) is 15.7 Å². The Morgan fingerprint density at radius 2 is 1.64 bits per heavy atom. The van der Waals surface area contributed by atoms with E-state index in [4.69, 9.17) is 4.43 Å². The monoisotopic (exact) mass is 380 g/mol. The lowest BCUT2D eigenvalue weighted by molar-refractivity contribution is 0.0854. The van der Waals surface area contributed by atoms with Gasteiger partial charge in [0.25, 0.3) is 0 Å². The first-order chi connectivity index (χ1) is 11.4. The summed E-state index contributed by atoms with van der Waals surface area (Å²) in [5.41, 5.74) is 0. The highest BCUT2D eigenvalue weighted by Gasteiger charge is 2.44. The van der Waals surface area contributed by atoms with Crippen LogP contribution in [-0.4, -0.2) is 22.8 Å². The van der Waals surface area contributed by atoms with E-state index in [1.165, 1.54) is 0 Å². The number of allylic oxidation sites excluding steroid dienone is 1. The van der Waals surface area contributed by atoms with E-state index in [1.807, 2.05) is 19.1 Å². The Morgan fingerprint density at radius 3 is 2.16 bits per heavy atom. The van der Waals surface area contributed by atoms with Gasteiger partial charge in [0.15, 0.2) is 8.32 Å². The number of sulfone groups is 1. The highest BCUT2D eigenvalue weighted by Crippen LogP contribution is 2.43. The minimum Gasteiger partial charge on any atom is -0.413 e. The van der Waals surface area contributed by atoms with Crippen molar-refractivity contribution in [3.8, 4) is 0 Å². The zero-order chi connectivity index (χ0) is 19.0. The van der Waals surface area contributed by atoms with Crippen LogP contribution in [0.3, 0.4) is 0 Å². The average molecular weight is 381 g/mol. The summed E-state index contributed by atoms with van der Waals surface area (Å²) in [5.74, 6) is 0.182. The summed E-state index contributed by atoms with van der Waals surface area (Å²) in [6, 6.07) is 8.72. The lowest BCUT2D eigenvalue weighted by Crippen LogP contribution is -2.48. The molecule has 0 heterocycles. The van der Waals surface area contributed by atoms with E-state index in [0.717, 1.165) is 6.42 Å². The van der Waals surface area contributed by atoms with Crippen LogP contribution in [0, 0.1) is 11.8 Å². The fourth-order valence-electron chi connectivity index (χ4n) is 3.10. The van der Waals surface area contributed by atoms with E-state index in [1.54, 1.807) is 24.3 Å². The van der Waals surface area contributed by atoms with Gasteiger partial charge >= 0.3 is 0 Å². The van der Waals surface area contributed by atoms with Gasteiger partial charge in [-0.15, -0.1) is 0 Å². The quantitative estimate of drug-likeness (QED) is 0.656. The van der Waals surface area contributed by atoms with E-state index in [-0.39, 0.29) is 17.1 Å². The molecule has 0 aliphatic heterocycles. The number of rotatable bonds is 4. The predicted molar refractivity (Wildman–Crippen MR) is 107 cm³/mol. The van der Waals surface area contributed by atoms with Gasteiger partial charge in [0, 0.05) is 5.92 Å². The maximum Gasteiger partial charge on any atom is 0.202 e. The first-order valence-corrected chi connectivity index (χ1v) is 13.4. The fraction of sp³-hybridized carbons (Fsp3) is 0.600. The summed E-state index contributed by atoms with van der Waals surface area (Å²) in [6.45, 7) is 15.3. The maximum atomic E-state index is 13.1. The molecule has 5 heteroatoms. The van der Waals surface area contributed by atoms with Gasteiger partial charge in [0.1, 0.15) is 0 Å². The van der Waals surface area contributed by atoms with Crippen LogP contribution in [0.5, 0.6) is 0 Å². The second-order valence-corrected chi connectivity index (χ2v) is 15.5. The molecule has 1 aromatic rings. The molecule has 3 nitrogen and oxygen atoms in total. The Labute approximate surface area is 154 Å². The normalized spacial score (nSPS) is 25.6. The molecular weight excluding hydrogens is 348 g/mol. The summed E-state index contributed by atoms with van der Waals surface area (Å²) < 4.78 is 32.9. The van der Waals surface area contributed by atoms with Crippen LogP contribution in [0.25, 0.3) is 0 Å².